The number of benzene rings is 1. The van der Waals surface area contributed by atoms with Crippen LogP contribution in [0.25, 0.3) is 0 Å². The zero-order valence-corrected chi connectivity index (χ0v) is 12.0. The number of hydrogen-bond acceptors (Lipinski definition) is 3. The molecule has 0 radical (unpaired) electrons. The van der Waals surface area contributed by atoms with Crippen LogP contribution in [0, 0.1) is 12.3 Å². The Bertz CT molecular complexity index is 593. The molecule has 0 spiro atoms. The fraction of sp³-hybridized carbons (Fsp3) is 0.357. The van der Waals surface area contributed by atoms with Crippen molar-refractivity contribution < 1.29 is 9.59 Å². The Morgan fingerprint density at radius 3 is 2.47 bits per heavy atom. The smallest absolute Gasteiger partial charge is 0.239 e. The van der Waals surface area contributed by atoms with Crippen LogP contribution >= 0.6 is 12.2 Å². The molecule has 1 fully saturated rings. The molecular weight excluding hydrogens is 260 g/mol. The SMILES string of the molecule is Cc1ccc(C(N)=S)cc1N1C(=O)CC(C)(C)C1=O. The van der Waals surface area contributed by atoms with Gasteiger partial charge in [0.25, 0.3) is 0 Å². The third-order valence-corrected chi connectivity index (χ3v) is 3.59. The van der Waals surface area contributed by atoms with Crippen molar-refractivity contribution in [1.82, 2.24) is 0 Å². The first-order chi connectivity index (χ1) is 8.74. The number of nitrogens with two attached hydrogens (primary N) is 1. The molecule has 1 saturated heterocycles. The van der Waals surface area contributed by atoms with Crippen molar-refractivity contribution in [2.24, 2.45) is 11.1 Å². The zero-order valence-electron chi connectivity index (χ0n) is 11.2. The molecular formula is C14H16N2O2S. The van der Waals surface area contributed by atoms with E-state index in [4.69, 9.17) is 18.0 Å². The number of hydrogen-bond donors (Lipinski definition) is 1. The summed E-state index contributed by atoms with van der Waals surface area (Å²) in [6, 6.07) is 5.31. The predicted molar refractivity (Wildman–Crippen MR) is 78.0 cm³/mol. The van der Waals surface area contributed by atoms with Crippen molar-refractivity contribution in [2.75, 3.05) is 4.90 Å². The fourth-order valence-corrected chi connectivity index (χ4v) is 2.32. The fourth-order valence-electron chi connectivity index (χ4n) is 2.20. The van der Waals surface area contributed by atoms with Gasteiger partial charge >= 0.3 is 0 Å². The summed E-state index contributed by atoms with van der Waals surface area (Å²) in [6.07, 6.45) is 0.225. The number of rotatable bonds is 2. The van der Waals surface area contributed by atoms with Crippen LogP contribution in [-0.4, -0.2) is 16.8 Å². The Morgan fingerprint density at radius 1 is 1.37 bits per heavy atom. The van der Waals surface area contributed by atoms with E-state index in [0.717, 1.165) is 5.56 Å². The number of thiocarbonyl (C=S) groups is 1. The van der Waals surface area contributed by atoms with E-state index in [1.54, 1.807) is 26.0 Å². The van der Waals surface area contributed by atoms with Crippen molar-refractivity contribution in [3.8, 4) is 0 Å². The lowest BCUT2D eigenvalue weighted by Crippen LogP contribution is -2.33. The standard InChI is InChI=1S/C14H16N2O2S/c1-8-4-5-9(12(15)19)6-10(8)16-11(17)7-14(2,3)13(16)18/h4-6H,7H2,1-3H3,(H2,15,19). The van der Waals surface area contributed by atoms with E-state index >= 15 is 0 Å². The van der Waals surface area contributed by atoms with Gasteiger partial charge < -0.3 is 5.73 Å². The van der Waals surface area contributed by atoms with Crippen molar-refractivity contribution >= 4 is 34.7 Å². The van der Waals surface area contributed by atoms with Crippen LogP contribution < -0.4 is 10.6 Å². The van der Waals surface area contributed by atoms with E-state index in [0.29, 0.717) is 11.3 Å². The van der Waals surface area contributed by atoms with Crippen LogP contribution in [0.5, 0.6) is 0 Å². The maximum absolute atomic E-state index is 12.3. The van der Waals surface area contributed by atoms with Gasteiger partial charge in [-0.1, -0.05) is 38.2 Å². The zero-order chi connectivity index (χ0) is 14.4. The number of carbonyl (C=O) groups excluding carboxylic acids is 2. The lowest BCUT2D eigenvalue weighted by atomic mass is 9.92. The van der Waals surface area contributed by atoms with Crippen LogP contribution in [0.4, 0.5) is 5.69 Å². The van der Waals surface area contributed by atoms with E-state index < -0.39 is 5.41 Å². The highest BCUT2D eigenvalue weighted by Crippen LogP contribution is 2.36. The molecule has 0 aromatic heterocycles. The number of anilines is 1. The number of imide groups is 1. The molecule has 2 rings (SSSR count). The molecule has 100 valence electrons. The monoisotopic (exact) mass is 276 g/mol. The highest BCUT2D eigenvalue weighted by atomic mass is 32.1. The first-order valence-electron chi connectivity index (χ1n) is 6.02. The van der Waals surface area contributed by atoms with Crippen LogP contribution in [0.2, 0.25) is 0 Å². The van der Waals surface area contributed by atoms with Crippen molar-refractivity contribution in [3.63, 3.8) is 0 Å². The van der Waals surface area contributed by atoms with Gasteiger partial charge in [-0.05, 0) is 18.6 Å². The lowest BCUT2D eigenvalue weighted by molar-refractivity contribution is -0.124. The number of amides is 2. The highest BCUT2D eigenvalue weighted by molar-refractivity contribution is 7.80. The maximum atomic E-state index is 12.3. The minimum atomic E-state index is -0.650. The Morgan fingerprint density at radius 2 is 2.00 bits per heavy atom. The summed E-state index contributed by atoms with van der Waals surface area (Å²) in [7, 11) is 0. The largest absolute Gasteiger partial charge is 0.389 e. The minimum Gasteiger partial charge on any atom is -0.389 e. The van der Waals surface area contributed by atoms with Crippen LogP contribution in [0.1, 0.15) is 31.4 Å². The Kier molecular flexibility index (Phi) is 3.18. The molecule has 2 amide bonds. The molecule has 1 aromatic carbocycles. The predicted octanol–water partition coefficient (Wildman–Crippen LogP) is 1.92. The Hall–Kier alpha value is -1.75. The van der Waals surface area contributed by atoms with E-state index in [1.807, 2.05) is 13.0 Å². The molecule has 1 heterocycles. The molecule has 0 atom stereocenters. The summed E-state index contributed by atoms with van der Waals surface area (Å²) in [5, 5.41) is 0. The quantitative estimate of drug-likeness (QED) is 0.662. The van der Waals surface area contributed by atoms with Crippen LogP contribution in [-0.2, 0) is 9.59 Å². The molecule has 2 N–H and O–H groups in total. The van der Waals surface area contributed by atoms with E-state index in [9.17, 15) is 9.59 Å². The topological polar surface area (TPSA) is 63.4 Å². The first-order valence-corrected chi connectivity index (χ1v) is 6.43. The van der Waals surface area contributed by atoms with Gasteiger partial charge in [0.2, 0.25) is 11.8 Å². The first kappa shape index (κ1) is 13.7. The van der Waals surface area contributed by atoms with Crippen molar-refractivity contribution in [3.05, 3.63) is 29.3 Å². The third-order valence-electron chi connectivity index (χ3n) is 3.36. The van der Waals surface area contributed by atoms with Gasteiger partial charge in [0, 0.05) is 12.0 Å². The molecule has 0 aliphatic carbocycles. The van der Waals surface area contributed by atoms with Gasteiger partial charge in [0.05, 0.1) is 11.1 Å². The maximum Gasteiger partial charge on any atom is 0.239 e. The average molecular weight is 276 g/mol. The average Bonchev–Trinajstić information content (AvgIpc) is 2.49. The van der Waals surface area contributed by atoms with Gasteiger partial charge in [-0.3, -0.25) is 9.59 Å². The van der Waals surface area contributed by atoms with Gasteiger partial charge in [0.15, 0.2) is 0 Å². The van der Waals surface area contributed by atoms with Crippen LogP contribution in [0.3, 0.4) is 0 Å². The normalized spacial score (nSPS) is 17.9. The third kappa shape index (κ3) is 2.26. The summed E-state index contributed by atoms with van der Waals surface area (Å²) in [4.78, 5) is 25.9. The second-order valence-corrected chi connectivity index (χ2v) is 5.90. The van der Waals surface area contributed by atoms with Gasteiger partial charge in [0.1, 0.15) is 4.99 Å². The molecule has 5 heteroatoms. The summed E-state index contributed by atoms with van der Waals surface area (Å²) < 4.78 is 0. The second kappa shape index (κ2) is 4.42. The lowest BCUT2D eigenvalue weighted by Gasteiger charge is -2.20. The Balaban J connectivity index is 2.53. The summed E-state index contributed by atoms with van der Waals surface area (Å²) in [5.74, 6) is -0.362. The molecule has 0 saturated carbocycles. The molecule has 0 bridgehead atoms. The molecule has 1 aliphatic rings. The van der Waals surface area contributed by atoms with E-state index in [-0.39, 0.29) is 23.2 Å². The van der Waals surface area contributed by atoms with Gasteiger partial charge in [-0.2, -0.15) is 0 Å². The number of nitrogens with zero attached hydrogens (tertiary/aromatic N) is 1. The minimum absolute atomic E-state index is 0.180. The highest BCUT2D eigenvalue weighted by Gasteiger charge is 2.45. The summed E-state index contributed by atoms with van der Waals surface area (Å²) >= 11 is 4.93. The number of carbonyl (C=O) groups is 2. The molecule has 4 nitrogen and oxygen atoms in total. The summed E-state index contributed by atoms with van der Waals surface area (Å²) in [6.45, 7) is 5.41. The van der Waals surface area contributed by atoms with E-state index in [2.05, 4.69) is 0 Å². The van der Waals surface area contributed by atoms with Gasteiger partial charge in [-0.15, -0.1) is 0 Å². The van der Waals surface area contributed by atoms with E-state index in [1.165, 1.54) is 4.90 Å². The van der Waals surface area contributed by atoms with Crippen molar-refractivity contribution in [2.45, 2.75) is 27.2 Å². The molecule has 19 heavy (non-hydrogen) atoms. The molecule has 0 unspecified atom stereocenters. The molecule has 1 aliphatic heterocycles. The summed E-state index contributed by atoms with van der Waals surface area (Å²) in [5.41, 5.74) is 7.02. The number of aryl methyl sites for hydroxylation is 1. The van der Waals surface area contributed by atoms with Crippen molar-refractivity contribution in [1.29, 1.82) is 0 Å². The van der Waals surface area contributed by atoms with Gasteiger partial charge in [-0.25, -0.2) is 4.90 Å². The van der Waals surface area contributed by atoms with Crippen LogP contribution in [0.15, 0.2) is 18.2 Å². The Labute approximate surface area is 117 Å². The molecule has 1 aromatic rings. The second-order valence-electron chi connectivity index (χ2n) is 5.46.